The van der Waals surface area contributed by atoms with E-state index in [0.717, 1.165) is 0 Å². The first-order chi connectivity index (χ1) is 13.4. The van der Waals surface area contributed by atoms with E-state index in [-0.39, 0.29) is 11.1 Å². The Hall–Kier alpha value is -4.20. The van der Waals surface area contributed by atoms with Crippen molar-refractivity contribution in [3.05, 3.63) is 71.8 Å². The van der Waals surface area contributed by atoms with Gasteiger partial charge in [0, 0.05) is 11.4 Å². The number of phenols is 4. The summed E-state index contributed by atoms with van der Waals surface area (Å²) in [5, 5.41) is 43.5. The maximum absolute atomic E-state index is 12.2. The molecule has 8 nitrogen and oxygen atoms in total. The fraction of sp³-hybridized carbons (Fsp3) is 0. The molecule has 0 spiro atoms. The Morgan fingerprint density at radius 1 is 0.571 bits per heavy atom. The monoisotopic (exact) mass is 380 g/mol. The average Bonchev–Trinajstić information content (AvgIpc) is 2.67. The number of amides is 2. The Kier molecular flexibility index (Phi) is 5.03. The molecule has 0 unspecified atom stereocenters. The topological polar surface area (TPSA) is 139 Å². The van der Waals surface area contributed by atoms with Crippen molar-refractivity contribution >= 4 is 23.2 Å². The van der Waals surface area contributed by atoms with E-state index in [0.29, 0.717) is 11.4 Å². The zero-order valence-electron chi connectivity index (χ0n) is 14.4. The van der Waals surface area contributed by atoms with Crippen molar-refractivity contribution in [2.45, 2.75) is 0 Å². The van der Waals surface area contributed by atoms with Crippen molar-refractivity contribution in [3.8, 4) is 23.0 Å². The number of carbonyl (C=O) groups is 2. The molecule has 3 aromatic rings. The highest BCUT2D eigenvalue weighted by Crippen LogP contribution is 2.30. The SMILES string of the molecule is O=C(Nc1ccc(NC(=O)c2cccc(O)c2O)cc1)c1cccc(O)c1O. The second-order valence-electron chi connectivity index (χ2n) is 5.83. The molecule has 0 radical (unpaired) electrons. The Morgan fingerprint density at radius 2 is 0.929 bits per heavy atom. The molecule has 6 N–H and O–H groups in total. The molecule has 0 saturated carbocycles. The van der Waals surface area contributed by atoms with E-state index in [4.69, 9.17) is 0 Å². The van der Waals surface area contributed by atoms with Crippen LogP contribution in [0.4, 0.5) is 11.4 Å². The minimum atomic E-state index is -0.616. The molecular formula is C20H16N2O6. The summed E-state index contributed by atoms with van der Waals surface area (Å²) in [4.78, 5) is 24.4. The summed E-state index contributed by atoms with van der Waals surface area (Å²) in [7, 11) is 0. The van der Waals surface area contributed by atoms with Crippen LogP contribution >= 0.6 is 0 Å². The Bertz CT molecular complexity index is 963. The number of nitrogens with one attached hydrogen (secondary N) is 2. The zero-order valence-corrected chi connectivity index (χ0v) is 14.4. The molecule has 0 bridgehead atoms. The van der Waals surface area contributed by atoms with Crippen LogP contribution in [-0.4, -0.2) is 32.2 Å². The molecule has 0 fully saturated rings. The number of carbonyl (C=O) groups excluding carboxylic acids is 2. The predicted octanol–water partition coefficient (Wildman–Crippen LogP) is 3.01. The summed E-state index contributed by atoms with van der Waals surface area (Å²) in [5.41, 5.74) is 0.616. The number of hydrogen-bond acceptors (Lipinski definition) is 6. The Balaban J connectivity index is 1.70. The van der Waals surface area contributed by atoms with Crippen molar-refractivity contribution in [2.75, 3.05) is 10.6 Å². The number of benzene rings is 3. The minimum Gasteiger partial charge on any atom is -0.504 e. The van der Waals surface area contributed by atoms with Gasteiger partial charge in [0.25, 0.3) is 11.8 Å². The van der Waals surface area contributed by atoms with Crippen LogP contribution in [0.3, 0.4) is 0 Å². The standard InChI is InChI=1S/C20H16N2O6/c23-15-5-1-3-13(17(15)25)19(27)21-11-7-9-12(10-8-11)22-20(28)14-4-2-6-16(24)18(14)26/h1-10,23-26H,(H,21,27)(H,22,28). The molecule has 3 rings (SSSR count). The quantitative estimate of drug-likeness (QED) is 0.385. The van der Waals surface area contributed by atoms with E-state index >= 15 is 0 Å². The molecule has 0 aliphatic carbocycles. The lowest BCUT2D eigenvalue weighted by Gasteiger charge is -2.10. The van der Waals surface area contributed by atoms with Gasteiger partial charge in [-0.3, -0.25) is 9.59 Å². The van der Waals surface area contributed by atoms with Gasteiger partial charge in [-0.2, -0.15) is 0 Å². The Morgan fingerprint density at radius 3 is 1.29 bits per heavy atom. The van der Waals surface area contributed by atoms with Gasteiger partial charge in [-0.25, -0.2) is 0 Å². The summed E-state index contributed by atoms with van der Waals surface area (Å²) in [5.74, 6) is -3.07. The van der Waals surface area contributed by atoms with Crippen LogP contribution in [0.5, 0.6) is 23.0 Å². The summed E-state index contributed by atoms with van der Waals surface area (Å²) in [6.45, 7) is 0. The summed E-state index contributed by atoms with van der Waals surface area (Å²) in [6, 6.07) is 14.2. The summed E-state index contributed by atoms with van der Waals surface area (Å²) in [6.07, 6.45) is 0. The second kappa shape index (κ2) is 7.58. The number of hydrogen-bond donors (Lipinski definition) is 6. The van der Waals surface area contributed by atoms with Crippen LogP contribution in [0.15, 0.2) is 60.7 Å². The zero-order chi connectivity index (χ0) is 20.3. The second-order valence-corrected chi connectivity index (χ2v) is 5.83. The number of rotatable bonds is 4. The largest absolute Gasteiger partial charge is 0.504 e. The van der Waals surface area contributed by atoms with E-state index in [1.807, 2.05) is 0 Å². The molecule has 2 amide bonds. The average molecular weight is 380 g/mol. The molecule has 3 aromatic carbocycles. The maximum Gasteiger partial charge on any atom is 0.259 e. The molecule has 142 valence electrons. The third-order valence-corrected chi connectivity index (χ3v) is 3.92. The van der Waals surface area contributed by atoms with Crippen LogP contribution in [0, 0.1) is 0 Å². The lowest BCUT2D eigenvalue weighted by Crippen LogP contribution is -2.13. The predicted molar refractivity (Wildman–Crippen MR) is 102 cm³/mol. The van der Waals surface area contributed by atoms with Gasteiger partial charge in [0.1, 0.15) is 0 Å². The number of aromatic hydroxyl groups is 4. The Labute approximate surface area is 159 Å². The molecule has 0 aromatic heterocycles. The molecule has 8 heteroatoms. The van der Waals surface area contributed by atoms with Crippen LogP contribution in [0.2, 0.25) is 0 Å². The van der Waals surface area contributed by atoms with Gasteiger partial charge in [-0.05, 0) is 48.5 Å². The molecular weight excluding hydrogens is 364 g/mol. The van der Waals surface area contributed by atoms with E-state index in [1.165, 1.54) is 60.7 Å². The highest BCUT2D eigenvalue weighted by atomic mass is 16.3. The third-order valence-electron chi connectivity index (χ3n) is 3.92. The van der Waals surface area contributed by atoms with Crippen molar-refractivity contribution in [1.29, 1.82) is 0 Å². The van der Waals surface area contributed by atoms with E-state index < -0.39 is 34.8 Å². The first kappa shape index (κ1) is 18.6. The highest BCUT2D eigenvalue weighted by molar-refractivity contribution is 6.08. The smallest absolute Gasteiger partial charge is 0.259 e. The molecule has 0 heterocycles. The van der Waals surface area contributed by atoms with Gasteiger partial charge >= 0.3 is 0 Å². The van der Waals surface area contributed by atoms with Gasteiger partial charge in [0.2, 0.25) is 0 Å². The summed E-state index contributed by atoms with van der Waals surface area (Å²) >= 11 is 0. The van der Waals surface area contributed by atoms with Gasteiger partial charge in [0.15, 0.2) is 23.0 Å². The van der Waals surface area contributed by atoms with Gasteiger partial charge in [-0.15, -0.1) is 0 Å². The lowest BCUT2D eigenvalue weighted by molar-refractivity contribution is 0.101. The van der Waals surface area contributed by atoms with Crippen LogP contribution in [0.25, 0.3) is 0 Å². The van der Waals surface area contributed by atoms with E-state index in [2.05, 4.69) is 10.6 Å². The minimum absolute atomic E-state index is 0.0864. The van der Waals surface area contributed by atoms with Crippen molar-refractivity contribution in [2.24, 2.45) is 0 Å². The molecule has 28 heavy (non-hydrogen) atoms. The first-order valence-corrected chi connectivity index (χ1v) is 8.11. The maximum atomic E-state index is 12.2. The van der Waals surface area contributed by atoms with E-state index in [1.54, 1.807) is 0 Å². The van der Waals surface area contributed by atoms with Crippen LogP contribution < -0.4 is 10.6 Å². The van der Waals surface area contributed by atoms with Crippen molar-refractivity contribution in [3.63, 3.8) is 0 Å². The molecule has 0 saturated heterocycles. The number of para-hydroxylation sites is 2. The third kappa shape index (κ3) is 3.80. The van der Waals surface area contributed by atoms with Crippen LogP contribution in [0.1, 0.15) is 20.7 Å². The highest BCUT2D eigenvalue weighted by Gasteiger charge is 2.15. The fourth-order valence-corrected chi connectivity index (χ4v) is 2.46. The fourth-order valence-electron chi connectivity index (χ4n) is 2.46. The van der Waals surface area contributed by atoms with Crippen LogP contribution in [-0.2, 0) is 0 Å². The lowest BCUT2D eigenvalue weighted by atomic mass is 10.1. The van der Waals surface area contributed by atoms with Gasteiger partial charge in [0.05, 0.1) is 11.1 Å². The number of anilines is 2. The molecule has 0 aliphatic heterocycles. The normalized spacial score (nSPS) is 10.3. The van der Waals surface area contributed by atoms with Gasteiger partial charge in [-0.1, -0.05) is 12.1 Å². The van der Waals surface area contributed by atoms with E-state index in [9.17, 15) is 30.0 Å². The summed E-state index contributed by atoms with van der Waals surface area (Å²) < 4.78 is 0. The molecule has 0 aliphatic rings. The van der Waals surface area contributed by atoms with Crippen molar-refractivity contribution < 1.29 is 30.0 Å². The first-order valence-electron chi connectivity index (χ1n) is 8.11. The van der Waals surface area contributed by atoms with Gasteiger partial charge < -0.3 is 31.1 Å². The number of phenolic OH excluding ortho intramolecular Hbond substituents is 4. The molecule has 0 atom stereocenters. The van der Waals surface area contributed by atoms with Crippen molar-refractivity contribution in [1.82, 2.24) is 0 Å².